The minimum absolute atomic E-state index is 0.193. The molecule has 0 spiro atoms. The summed E-state index contributed by atoms with van der Waals surface area (Å²) in [5.41, 5.74) is 0. The first-order valence-electron chi connectivity index (χ1n) is 3.08. The van der Waals surface area contributed by atoms with Crippen LogP contribution in [-0.2, 0) is 19.6 Å². The highest BCUT2D eigenvalue weighted by Gasteiger charge is 2.14. The van der Waals surface area contributed by atoms with E-state index in [4.69, 9.17) is 0 Å². The lowest BCUT2D eigenvalue weighted by Gasteiger charge is -2.01. The van der Waals surface area contributed by atoms with E-state index in [0.717, 1.165) is 0 Å². The molecule has 0 aromatic carbocycles. The van der Waals surface area contributed by atoms with Gasteiger partial charge < -0.3 is 4.74 Å². The lowest BCUT2D eigenvalue weighted by Crippen LogP contribution is -2.27. The van der Waals surface area contributed by atoms with Gasteiger partial charge in [-0.05, 0) is 14.0 Å². The van der Waals surface area contributed by atoms with Crippen molar-refractivity contribution >= 4 is 16.0 Å². The van der Waals surface area contributed by atoms with Crippen LogP contribution in [0.5, 0.6) is 0 Å². The van der Waals surface area contributed by atoms with Gasteiger partial charge in [-0.2, -0.15) is 0 Å². The second-order valence-electron chi connectivity index (χ2n) is 1.77. The highest BCUT2D eigenvalue weighted by molar-refractivity contribution is 7.90. The molecule has 0 saturated carbocycles. The summed E-state index contributed by atoms with van der Waals surface area (Å²) in [4.78, 5) is 10.6. The molecular formula is C5H11NO4S. The van der Waals surface area contributed by atoms with Crippen molar-refractivity contribution in [2.75, 3.05) is 19.4 Å². The molecule has 0 aliphatic rings. The predicted molar refractivity (Wildman–Crippen MR) is 39.5 cm³/mol. The number of esters is 1. The van der Waals surface area contributed by atoms with Gasteiger partial charge in [-0.1, -0.05) is 0 Å². The number of sulfonamides is 1. The Hall–Kier alpha value is -0.620. The van der Waals surface area contributed by atoms with Crippen molar-refractivity contribution in [3.63, 3.8) is 0 Å². The van der Waals surface area contributed by atoms with Gasteiger partial charge in [0.15, 0.2) is 5.75 Å². The maximum Gasteiger partial charge on any atom is 0.322 e. The lowest BCUT2D eigenvalue weighted by molar-refractivity contribution is -0.139. The van der Waals surface area contributed by atoms with E-state index in [0.29, 0.717) is 0 Å². The van der Waals surface area contributed by atoms with Gasteiger partial charge in [-0.15, -0.1) is 0 Å². The summed E-state index contributed by atoms with van der Waals surface area (Å²) in [7, 11) is -2.22. The molecule has 0 fully saturated rings. The molecular weight excluding hydrogens is 170 g/mol. The normalized spacial score (nSPS) is 11.1. The molecule has 11 heavy (non-hydrogen) atoms. The maximum atomic E-state index is 10.7. The van der Waals surface area contributed by atoms with E-state index >= 15 is 0 Å². The number of ether oxygens (including phenoxy) is 1. The molecule has 0 aliphatic carbocycles. The summed E-state index contributed by atoms with van der Waals surface area (Å²) < 4.78 is 27.8. The Morgan fingerprint density at radius 2 is 2.09 bits per heavy atom. The quantitative estimate of drug-likeness (QED) is 0.570. The van der Waals surface area contributed by atoms with E-state index in [9.17, 15) is 13.2 Å². The zero-order chi connectivity index (χ0) is 8.91. The summed E-state index contributed by atoms with van der Waals surface area (Å²) in [6.07, 6.45) is 0. The Kier molecular flexibility index (Phi) is 4.06. The Balaban J connectivity index is 3.95. The third kappa shape index (κ3) is 4.74. The van der Waals surface area contributed by atoms with Gasteiger partial charge >= 0.3 is 5.97 Å². The Bertz CT molecular complexity index is 221. The first kappa shape index (κ1) is 10.4. The number of hydrogen-bond donors (Lipinski definition) is 1. The van der Waals surface area contributed by atoms with Crippen LogP contribution in [0.25, 0.3) is 0 Å². The number of carbonyl (C=O) groups is 1. The number of rotatable bonds is 4. The van der Waals surface area contributed by atoms with E-state index in [1.165, 1.54) is 7.05 Å². The summed E-state index contributed by atoms with van der Waals surface area (Å²) in [5.74, 6) is -1.35. The van der Waals surface area contributed by atoms with Gasteiger partial charge in [0.1, 0.15) is 0 Å². The minimum atomic E-state index is -3.47. The highest BCUT2D eigenvalue weighted by Crippen LogP contribution is 1.85. The van der Waals surface area contributed by atoms with Gasteiger partial charge in [0.05, 0.1) is 6.61 Å². The molecule has 66 valence electrons. The Labute approximate surface area is 65.8 Å². The molecule has 5 nitrogen and oxygen atoms in total. The van der Waals surface area contributed by atoms with Gasteiger partial charge in [0.2, 0.25) is 10.0 Å². The second kappa shape index (κ2) is 4.30. The minimum Gasteiger partial charge on any atom is -0.465 e. The first-order valence-corrected chi connectivity index (χ1v) is 4.74. The lowest BCUT2D eigenvalue weighted by atomic mass is 10.8. The van der Waals surface area contributed by atoms with Crippen molar-refractivity contribution in [2.45, 2.75) is 6.92 Å². The summed E-state index contributed by atoms with van der Waals surface area (Å²) in [6.45, 7) is 1.81. The standard InChI is InChI=1S/C5H11NO4S/c1-3-10-5(7)4-11(8,9)6-2/h6H,3-4H2,1-2H3. The molecule has 0 amide bonds. The molecule has 0 atom stereocenters. The van der Waals surface area contributed by atoms with Crippen molar-refractivity contribution in [3.8, 4) is 0 Å². The van der Waals surface area contributed by atoms with Crippen LogP contribution in [0.15, 0.2) is 0 Å². The third-order valence-electron chi connectivity index (χ3n) is 0.924. The first-order chi connectivity index (χ1) is 5.02. The summed E-state index contributed by atoms with van der Waals surface area (Å²) in [6, 6.07) is 0. The monoisotopic (exact) mass is 181 g/mol. The van der Waals surface area contributed by atoms with E-state index in [1.54, 1.807) is 6.92 Å². The van der Waals surface area contributed by atoms with E-state index < -0.39 is 21.7 Å². The van der Waals surface area contributed by atoms with Crippen LogP contribution in [0.3, 0.4) is 0 Å². The topological polar surface area (TPSA) is 72.5 Å². The van der Waals surface area contributed by atoms with E-state index in [-0.39, 0.29) is 6.61 Å². The molecule has 0 bridgehead atoms. The van der Waals surface area contributed by atoms with Crippen LogP contribution in [0.2, 0.25) is 0 Å². The summed E-state index contributed by atoms with van der Waals surface area (Å²) in [5, 5.41) is 0. The van der Waals surface area contributed by atoms with E-state index in [2.05, 4.69) is 4.74 Å². The average molecular weight is 181 g/mol. The summed E-state index contributed by atoms with van der Waals surface area (Å²) >= 11 is 0. The molecule has 0 aromatic heterocycles. The highest BCUT2D eigenvalue weighted by atomic mass is 32.2. The molecule has 0 aromatic rings. The molecule has 0 saturated heterocycles. The molecule has 0 rings (SSSR count). The largest absolute Gasteiger partial charge is 0.465 e. The molecule has 6 heteroatoms. The van der Waals surface area contributed by atoms with Crippen molar-refractivity contribution < 1.29 is 17.9 Å². The smallest absolute Gasteiger partial charge is 0.322 e. The fourth-order valence-corrected chi connectivity index (χ4v) is 0.968. The molecule has 0 aliphatic heterocycles. The van der Waals surface area contributed by atoms with Crippen molar-refractivity contribution in [3.05, 3.63) is 0 Å². The number of hydrogen-bond acceptors (Lipinski definition) is 4. The van der Waals surface area contributed by atoms with Gasteiger partial charge in [-0.25, -0.2) is 13.1 Å². The van der Waals surface area contributed by atoms with Crippen molar-refractivity contribution in [1.29, 1.82) is 0 Å². The molecule has 1 N–H and O–H groups in total. The van der Waals surface area contributed by atoms with Gasteiger partial charge in [-0.3, -0.25) is 4.79 Å². The van der Waals surface area contributed by atoms with Crippen molar-refractivity contribution in [2.24, 2.45) is 0 Å². The number of carbonyl (C=O) groups excluding carboxylic acids is 1. The zero-order valence-electron chi connectivity index (χ0n) is 6.46. The molecule has 0 unspecified atom stereocenters. The van der Waals surface area contributed by atoms with E-state index in [1.807, 2.05) is 4.72 Å². The van der Waals surface area contributed by atoms with Crippen LogP contribution in [0, 0.1) is 0 Å². The molecule has 0 radical (unpaired) electrons. The van der Waals surface area contributed by atoms with Crippen LogP contribution < -0.4 is 4.72 Å². The maximum absolute atomic E-state index is 10.7. The van der Waals surface area contributed by atoms with Crippen LogP contribution >= 0.6 is 0 Å². The van der Waals surface area contributed by atoms with Crippen LogP contribution in [0.4, 0.5) is 0 Å². The Morgan fingerprint density at radius 3 is 2.45 bits per heavy atom. The van der Waals surface area contributed by atoms with Gasteiger partial charge in [0, 0.05) is 0 Å². The SMILES string of the molecule is CCOC(=O)CS(=O)(=O)NC. The van der Waals surface area contributed by atoms with Crippen LogP contribution in [0.1, 0.15) is 6.92 Å². The Morgan fingerprint density at radius 1 is 1.55 bits per heavy atom. The van der Waals surface area contributed by atoms with Crippen molar-refractivity contribution in [1.82, 2.24) is 4.72 Å². The second-order valence-corrected chi connectivity index (χ2v) is 3.69. The molecule has 0 heterocycles. The van der Waals surface area contributed by atoms with Gasteiger partial charge in [0.25, 0.3) is 0 Å². The third-order valence-corrected chi connectivity index (χ3v) is 2.16. The number of nitrogens with one attached hydrogen (secondary N) is 1. The fraction of sp³-hybridized carbons (Fsp3) is 0.800. The fourth-order valence-electron chi connectivity index (χ4n) is 0.430. The average Bonchev–Trinajstić information content (AvgIpc) is 1.87. The zero-order valence-corrected chi connectivity index (χ0v) is 7.27. The predicted octanol–water partition coefficient (Wildman–Crippen LogP) is -0.901. The van der Waals surface area contributed by atoms with Crippen LogP contribution in [-0.4, -0.2) is 33.8 Å².